The zero-order valence-electron chi connectivity index (χ0n) is 24.6. The van der Waals surface area contributed by atoms with E-state index < -0.39 is 19.9 Å². The number of esters is 1. The van der Waals surface area contributed by atoms with E-state index in [9.17, 15) is 14.3 Å². The monoisotopic (exact) mass is 562 g/mol. The first-order valence-corrected chi connectivity index (χ1v) is 16.9. The Kier molecular flexibility index (Phi) is 16.7. The Morgan fingerprint density at radius 3 is 2.05 bits per heavy atom. The molecule has 0 radical (unpaired) electrons. The molecule has 2 rings (SSSR count). The molecule has 5 unspecified atom stereocenters. The number of nitrogens with zero attached hydrogens (tertiary/aromatic N) is 1. The standard InChI is InChI=1S/C29H56NO7P/c1-4-5-6-7-8-9-10-11-12-13-14-15-16-17-20-34-24-29(36-26(2)31)25-35-38(32,33)37-28-21-27-18-19-30(3,22-27)23-28/h27-29H,4-25H2,1-3H3/p+1. The van der Waals surface area contributed by atoms with Crippen molar-refractivity contribution >= 4 is 13.8 Å². The number of quaternary nitrogens is 1. The van der Waals surface area contributed by atoms with Gasteiger partial charge in [-0.05, 0) is 12.8 Å². The highest BCUT2D eigenvalue weighted by atomic mass is 31.2. The molecular weight excluding hydrogens is 505 g/mol. The van der Waals surface area contributed by atoms with Gasteiger partial charge in [0.1, 0.15) is 18.8 Å². The number of hydrogen-bond acceptors (Lipinski definition) is 6. The molecule has 2 bridgehead atoms. The second-order valence-electron chi connectivity index (χ2n) is 12.0. The van der Waals surface area contributed by atoms with E-state index in [-0.39, 0.29) is 19.3 Å². The maximum atomic E-state index is 12.6. The molecule has 2 heterocycles. The van der Waals surface area contributed by atoms with Crippen molar-refractivity contribution in [2.75, 3.05) is 46.5 Å². The van der Waals surface area contributed by atoms with Gasteiger partial charge in [-0.2, -0.15) is 0 Å². The van der Waals surface area contributed by atoms with Crippen LogP contribution >= 0.6 is 7.82 Å². The van der Waals surface area contributed by atoms with Gasteiger partial charge in [-0.1, -0.05) is 90.4 Å². The number of unbranched alkanes of at least 4 members (excludes halogenated alkanes) is 13. The Morgan fingerprint density at radius 1 is 0.921 bits per heavy atom. The largest absolute Gasteiger partial charge is 0.472 e. The molecule has 0 amide bonds. The number of carbonyl (C=O) groups is 1. The molecule has 2 saturated heterocycles. The summed E-state index contributed by atoms with van der Waals surface area (Å²) in [4.78, 5) is 21.7. The van der Waals surface area contributed by atoms with Gasteiger partial charge in [0, 0.05) is 25.9 Å². The third-order valence-corrected chi connectivity index (χ3v) is 9.04. The quantitative estimate of drug-likeness (QED) is 0.0635. The molecule has 38 heavy (non-hydrogen) atoms. The minimum absolute atomic E-state index is 0.137. The molecule has 2 aliphatic rings. The van der Waals surface area contributed by atoms with Crippen molar-refractivity contribution in [1.82, 2.24) is 0 Å². The molecule has 5 atom stereocenters. The van der Waals surface area contributed by atoms with Crippen LogP contribution in [0.2, 0.25) is 0 Å². The number of piperidine rings is 1. The van der Waals surface area contributed by atoms with E-state index in [1.54, 1.807) is 0 Å². The van der Waals surface area contributed by atoms with Gasteiger partial charge in [-0.25, -0.2) is 4.57 Å². The molecule has 9 heteroatoms. The SMILES string of the molecule is CCCCCCCCCCCCCCCCOCC(COP(=O)(O)OC1CC2CC[N+](C)(C2)C1)OC(C)=O. The number of phosphoric acid groups is 1. The Bertz CT molecular complexity index is 694. The molecular formula is C29H57NO7P+. The van der Waals surface area contributed by atoms with E-state index in [1.807, 2.05) is 0 Å². The summed E-state index contributed by atoms with van der Waals surface area (Å²) < 4.78 is 35.1. The van der Waals surface area contributed by atoms with Crippen molar-refractivity contribution in [3.05, 3.63) is 0 Å². The normalized spacial score (nSPS) is 25.3. The van der Waals surface area contributed by atoms with Crippen molar-refractivity contribution in [3.63, 3.8) is 0 Å². The Labute approximate surface area is 232 Å². The molecule has 0 aromatic rings. The van der Waals surface area contributed by atoms with Gasteiger partial charge < -0.3 is 18.9 Å². The average Bonchev–Trinajstić information content (AvgIpc) is 3.13. The highest BCUT2D eigenvalue weighted by Crippen LogP contribution is 2.47. The van der Waals surface area contributed by atoms with Crippen molar-refractivity contribution in [1.29, 1.82) is 0 Å². The lowest BCUT2D eigenvalue weighted by Crippen LogP contribution is -2.50. The number of likely N-dealkylation sites (N-methyl/N-ethyl adjacent to an activating group) is 1. The summed E-state index contributed by atoms with van der Waals surface area (Å²) in [5.41, 5.74) is 0. The number of phosphoric ester groups is 1. The maximum Gasteiger partial charge on any atom is 0.472 e. The van der Waals surface area contributed by atoms with Crippen molar-refractivity contribution in [2.45, 2.75) is 129 Å². The maximum absolute atomic E-state index is 12.6. The predicted octanol–water partition coefficient (Wildman–Crippen LogP) is 6.79. The van der Waals surface area contributed by atoms with Crippen LogP contribution in [0, 0.1) is 5.92 Å². The lowest BCUT2D eigenvalue weighted by Gasteiger charge is -2.37. The van der Waals surface area contributed by atoms with Gasteiger partial charge in [0.2, 0.25) is 0 Å². The first kappa shape index (κ1) is 33.7. The highest BCUT2D eigenvalue weighted by Gasteiger charge is 2.45. The first-order chi connectivity index (χ1) is 18.2. The number of carbonyl (C=O) groups excluding carboxylic acids is 1. The van der Waals surface area contributed by atoms with E-state index in [4.69, 9.17) is 18.5 Å². The smallest absolute Gasteiger partial charge is 0.458 e. The topological polar surface area (TPSA) is 91.3 Å². The fourth-order valence-corrected chi connectivity index (χ4v) is 6.98. The minimum Gasteiger partial charge on any atom is -0.458 e. The average molecular weight is 563 g/mol. The molecule has 0 aromatic heterocycles. The van der Waals surface area contributed by atoms with Gasteiger partial charge in [0.05, 0.1) is 33.4 Å². The van der Waals surface area contributed by atoms with Crippen LogP contribution in [-0.2, 0) is 27.9 Å². The molecule has 0 spiro atoms. The van der Waals surface area contributed by atoms with E-state index >= 15 is 0 Å². The van der Waals surface area contributed by atoms with Crippen molar-refractivity contribution < 1.29 is 37.3 Å². The van der Waals surface area contributed by atoms with E-state index in [0.29, 0.717) is 12.5 Å². The van der Waals surface area contributed by atoms with E-state index in [2.05, 4.69) is 14.0 Å². The van der Waals surface area contributed by atoms with Crippen LogP contribution < -0.4 is 0 Å². The third kappa shape index (κ3) is 15.3. The molecule has 224 valence electrons. The van der Waals surface area contributed by atoms with Crippen LogP contribution in [0.3, 0.4) is 0 Å². The lowest BCUT2D eigenvalue weighted by atomic mass is 9.98. The Hall–Kier alpha value is -0.500. The van der Waals surface area contributed by atoms with Gasteiger partial charge in [0.15, 0.2) is 0 Å². The molecule has 0 aromatic carbocycles. The summed E-state index contributed by atoms with van der Waals surface area (Å²) in [6, 6.07) is 0. The summed E-state index contributed by atoms with van der Waals surface area (Å²) in [6.45, 7) is 6.98. The summed E-state index contributed by atoms with van der Waals surface area (Å²) in [5.74, 6) is 0.0670. The van der Waals surface area contributed by atoms with Crippen molar-refractivity contribution in [3.8, 4) is 0 Å². The molecule has 0 aliphatic carbocycles. The lowest BCUT2D eigenvalue weighted by molar-refractivity contribution is -0.905. The fourth-order valence-electron chi connectivity index (χ4n) is 6.03. The summed E-state index contributed by atoms with van der Waals surface area (Å²) in [5, 5.41) is 0. The van der Waals surface area contributed by atoms with Crippen LogP contribution in [0.1, 0.15) is 117 Å². The number of fused-ring (bicyclic) bond motifs is 2. The first-order valence-electron chi connectivity index (χ1n) is 15.5. The van der Waals surface area contributed by atoms with Crippen LogP contribution in [0.5, 0.6) is 0 Å². The molecule has 1 N–H and O–H groups in total. The molecule has 2 fully saturated rings. The summed E-state index contributed by atoms with van der Waals surface area (Å²) >= 11 is 0. The second kappa shape index (κ2) is 18.8. The predicted molar refractivity (Wildman–Crippen MR) is 151 cm³/mol. The summed E-state index contributed by atoms with van der Waals surface area (Å²) in [6.07, 6.45) is 19.1. The Morgan fingerprint density at radius 2 is 1.50 bits per heavy atom. The van der Waals surface area contributed by atoms with Gasteiger partial charge in [-0.15, -0.1) is 0 Å². The highest BCUT2D eigenvalue weighted by molar-refractivity contribution is 7.47. The van der Waals surface area contributed by atoms with Gasteiger partial charge >= 0.3 is 13.8 Å². The summed E-state index contributed by atoms with van der Waals surface area (Å²) in [7, 11) is -2.07. The van der Waals surface area contributed by atoms with E-state index in [0.717, 1.165) is 49.8 Å². The van der Waals surface area contributed by atoms with Crippen LogP contribution in [-0.4, -0.2) is 74.1 Å². The molecule has 0 saturated carbocycles. The van der Waals surface area contributed by atoms with Crippen LogP contribution in [0.4, 0.5) is 0 Å². The number of ether oxygens (including phenoxy) is 2. The van der Waals surface area contributed by atoms with Crippen LogP contribution in [0.25, 0.3) is 0 Å². The van der Waals surface area contributed by atoms with Gasteiger partial charge in [0.25, 0.3) is 0 Å². The van der Waals surface area contributed by atoms with Crippen molar-refractivity contribution in [2.24, 2.45) is 5.92 Å². The Balaban J connectivity index is 1.49. The molecule has 2 aliphatic heterocycles. The molecule has 8 nitrogen and oxygen atoms in total. The number of rotatable bonds is 23. The third-order valence-electron chi connectivity index (χ3n) is 8.00. The van der Waals surface area contributed by atoms with E-state index in [1.165, 1.54) is 84.0 Å². The fraction of sp³-hybridized carbons (Fsp3) is 0.966. The van der Waals surface area contributed by atoms with Gasteiger partial charge in [-0.3, -0.25) is 13.8 Å². The zero-order chi connectivity index (χ0) is 27.7. The minimum atomic E-state index is -4.25. The number of hydrogen-bond donors (Lipinski definition) is 1. The second-order valence-corrected chi connectivity index (χ2v) is 13.4. The van der Waals surface area contributed by atoms with Crippen LogP contribution in [0.15, 0.2) is 0 Å². The zero-order valence-corrected chi connectivity index (χ0v) is 25.5.